The third-order valence-corrected chi connectivity index (χ3v) is 7.47. The lowest BCUT2D eigenvalue weighted by Crippen LogP contribution is -2.49. The maximum atomic E-state index is 13.0. The minimum atomic E-state index is -0.478. The summed E-state index contributed by atoms with van der Waals surface area (Å²) in [6, 6.07) is 5.92. The molecule has 0 unspecified atom stereocenters. The van der Waals surface area contributed by atoms with Gasteiger partial charge in [-0.15, -0.1) is 11.3 Å². The molecule has 3 aromatic rings. The first-order valence-electron chi connectivity index (χ1n) is 11.1. The maximum absolute atomic E-state index is 13.0. The summed E-state index contributed by atoms with van der Waals surface area (Å²) in [5, 5.41) is 12.2. The van der Waals surface area contributed by atoms with Crippen LogP contribution in [0, 0.1) is 10.1 Å². The first kappa shape index (κ1) is 21.7. The number of amides is 1. The number of hydrogen-bond donors (Lipinski definition) is 0. The number of nitrogens with zero attached hydrogens (tertiary/aromatic N) is 5. The number of benzene rings is 1. The number of rotatable bonds is 5. The van der Waals surface area contributed by atoms with Gasteiger partial charge >= 0.3 is 0 Å². The SMILES string of the molecule is COCc1nc(N2CCN(C(=O)c3cccc([N+](=O)[O-])c3)CC2)c2c3c(sc2n1)CCCC3. The molecule has 9 nitrogen and oxygen atoms in total. The van der Waals surface area contributed by atoms with Crippen LogP contribution in [0.3, 0.4) is 0 Å². The summed E-state index contributed by atoms with van der Waals surface area (Å²) >= 11 is 1.77. The molecule has 0 saturated carbocycles. The Morgan fingerprint density at radius 1 is 1.18 bits per heavy atom. The van der Waals surface area contributed by atoms with Crippen LogP contribution < -0.4 is 4.90 Å². The molecule has 1 saturated heterocycles. The van der Waals surface area contributed by atoms with Crippen LogP contribution in [0.4, 0.5) is 11.5 Å². The van der Waals surface area contributed by atoms with E-state index in [-0.39, 0.29) is 11.6 Å². The van der Waals surface area contributed by atoms with E-state index in [0.29, 0.717) is 44.2 Å². The van der Waals surface area contributed by atoms with Gasteiger partial charge in [-0.2, -0.15) is 0 Å². The summed E-state index contributed by atoms with van der Waals surface area (Å²) in [5.41, 5.74) is 1.66. The standard InChI is InChI=1S/C23H25N5O4S/c1-32-14-19-24-21(20-17-7-2-3-8-18(17)33-22(20)25-19)26-9-11-27(12-10-26)23(29)15-5-4-6-16(13-15)28(30)31/h4-6,13H,2-3,7-12,14H2,1H3. The van der Waals surface area contributed by atoms with E-state index in [1.54, 1.807) is 35.5 Å². The summed E-state index contributed by atoms with van der Waals surface area (Å²) in [4.78, 5) is 39.6. The number of nitro benzene ring substituents is 1. The van der Waals surface area contributed by atoms with E-state index in [2.05, 4.69) is 4.90 Å². The van der Waals surface area contributed by atoms with Crippen LogP contribution in [0.2, 0.25) is 0 Å². The van der Waals surface area contributed by atoms with Crippen molar-refractivity contribution in [2.24, 2.45) is 0 Å². The Balaban J connectivity index is 1.40. The molecule has 1 aliphatic heterocycles. The Kier molecular flexibility index (Phi) is 5.94. The number of methoxy groups -OCH3 is 1. The van der Waals surface area contributed by atoms with Gasteiger partial charge in [-0.1, -0.05) is 6.07 Å². The molecule has 0 bridgehead atoms. The van der Waals surface area contributed by atoms with Crippen molar-refractivity contribution < 1.29 is 14.5 Å². The van der Waals surface area contributed by atoms with E-state index >= 15 is 0 Å². The Labute approximate surface area is 195 Å². The number of aromatic nitrogens is 2. The quantitative estimate of drug-likeness (QED) is 0.417. The minimum absolute atomic E-state index is 0.0734. The number of carbonyl (C=O) groups excluding carboxylic acids is 1. The fourth-order valence-electron chi connectivity index (χ4n) is 4.66. The van der Waals surface area contributed by atoms with Crippen molar-refractivity contribution in [2.45, 2.75) is 32.3 Å². The highest BCUT2D eigenvalue weighted by Crippen LogP contribution is 2.40. The molecular formula is C23H25N5O4S. The van der Waals surface area contributed by atoms with E-state index in [1.165, 1.54) is 35.4 Å². The van der Waals surface area contributed by atoms with Gasteiger partial charge in [-0.25, -0.2) is 9.97 Å². The van der Waals surface area contributed by atoms with Crippen LogP contribution in [0.25, 0.3) is 10.2 Å². The molecule has 1 aromatic carbocycles. The molecular weight excluding hydrogens is 442 g/mol. The molecule has 3 heterocycles. The number of non-ortho nitro benzene ring substituents is 1. The monoisotopic (exact) mass is 467 g/mol. The number of fused-ring (bicyclic) bond motifs is 3. The predicted molar refractivity (Wildman–Crippen MR) is 126 cm³/mol. The highest BCUT2D eigenvalue weighted by Gasteiger charge is 2.28. The molecule has 0 spiro atoms. The molecule has 0 atom stereocenters. The fraction of sp³-hybridized carbons (Fsp3) is 0.435. The van der Waals surface area contributed by atoms with Crippen LogP contribution in [-0.2, 0) is 24.2 Å². The number of carbonyl (C=O) groups is 1. The second kappa shape index (κ2) is 9.03. The Bertz CT molecular complexity index is 1220. The number of hydrogen-bond acceptors (Lipinski definition) is 8. The fourth-order valence-corrected chi connectivity index (χ4v) is 5.93. The van der Waals surface area contributed by atoms with Gasteiger partial charge < -0.3 is 14.5 Å². The van der Waals surface area contributed by atoms with Gasteiger partial charge in [-0.3, -0.25) is 14.9 Å². The molecule has 33 heavy (non-hydrogen) atoms. The molecule has 1 aliphatic carbocycles. The molecule has 0 N–H and O–H groups in total. The molecule has 1 amide bonds. The zero-order valence-corrected chi connectivity index (χ0v) is 19.3. The van der Waals surface area contributed by atoms with Gasteiger partial charge in [0.1, 0.15) is 17.3 Å². The van der Waals surface area contributed by atoms with E-state index in [0.717, 1.165) is 28.9 Å². The van der Waals surface area contributed by atoms with Gasteiger partial charge in [0.25, 0.3) is 11.6 Å². The minimum Gasteiger partial charge on any atom is -0.377 e. The van der Waals surface area contributed by atoms with Gasteiger partial charge in [-0.05, 0) is 37.3 Å². The van der Waals surface area contributed by atoms with Crippen LogP contribution in [-0.4, -0.2) is 59.0 Å². The number of ether oxygens (including phenoxy) is 1. The summed E-state index contributed by atoms with van der Waals surface area (Å²) < 4.78 is 5.31. The molecule has 172 valence electrons. The zero-order valence-electron chi connectivity index (χ0n) is 18.5. The van der Waals surface area contributed by atoms with E-state index in [1.807, 2.05) is 0 Å². The first-order chi connectivity index (χ1) is 16.0. The van der Waals surface area contributed by atoms with Crippen LogP contribution in [0.5, 0.6) is 0 Å². The zero-order chi connectivity index (χ0) is 22.9. The lowest BCUT2D eigenvalue weighted by Gasteiger charge is -2.36. The highest BCUT2D eigenvalue weighted by atomic mass is 32.1. The summed E-state index contributed by atoms with van der Waals surface area (Å²) in [6.07, 6.45) is 4.55. The van der Waals surface area contributed by atoms with Crippen LogP contribution in [0.15, 0.2) is 24.3 Å². The van der Waals surface area contributed by atoms with E-state index in [4.69, 9.17) is 14.7 Å². The maximum Gasteiger partial charge on any atom is 0.270 e. The Morgan fingerprint density at radius 3 is 2.73 bits per heavy atom. The summed E-state index contributed by atoms with van der Waals surface area (Å²) in [6.45, 7) is 2.70. The van der Waals surface area contributed by atoms with Crippen molar-refractivity contribution in [1.29, 1.82) is 0 Å². The van der Waals surface area contributed by atoms with Gasteiger partial charge in [0.05, 0.1) is 10.3 Å². The third kappa shape index (κ3) is 4.16. The highest BCUT2D eigenvalue weighted by molar-refractivity contribution is 7.19. The van der Waals surface area contributed by atoms with Crippen LogP contribution in [0.1, 0.15) is 39.5 Å². The average Bonchev–Trinajstić information content (AvgIpc) is 3.22. The number of thiophene rings is 1. The van der Waals surface area contributed by atoms with Gasteiger partial charge in [0.2, 0.25) is 0 Å². The van der Waals surface area contributed by atoms with Crippen molar-refractivity contribution in [3.63, 3.8) is 0 Å². The Morgan fingerprint density at radius 2 is 1.97 bits per heavy atom. The molecule has 1 fully saturated rings. The van der Waals surface area contributed by atoms with Crippen LogP contribution >= 0.6 is 11.3 Å². The molecule has 5 rings (SSSR count). The van der Waals surface area contributed by atoms with Crippen molar-refractivity contribution in [3.8, 4) is 0 Å². The van der Waals surface area contributed by atoms with E-state index in [9.17, 15) is 14.9 Å². The molecule has 2 aromatic heterocycles. The normalized spacial score (nSPS) is 16.2. The number of aryl methyl sites for hydroxylation is 2. The summed E-state index contributed by atoms with van der Waals surface area (Å²) in [7, 11) is 1.64. The third-order valence-electron chi connectivity index (χ3n) is 6.29. The van der Waals surface area contributed by atoms with Crippen molar-refractivity contribution in [2.75, 3.05) is 38.2 Å². The van der Waals surface area contributed by atoms with Crippen molar-refractivity contribution >= 4 is 39.0 Å². The Hall–Kier alpha value is -3.11. The predicted octanol–water partition coefficient (Wildman–Crippen LogP) is 3.59. The number of piperazine rings is 1. The molecule has 0 radical (unpaired) electrons. The van der Waals surface area contributed by atoms with Crippen molar-refractivity contribution in [1.82, 2.24) is 14.9 Å². The molecule has 2 aliphatic rings. The average molecular weight is 468 g/mol. The second-order valence-electron chi connectivity index (χ2n) is 8.37. The van der Waals surface area contributed by atoms with Crippen molar-refractivity contribution in [3.05, 3.63) is 56.2 Å². The van der Waals surface area contributed by atoms with E-state index < -0.39 is 4.92 Å². The molecule has 10 heteroatoms. The second-order valence-corrected chi connectivity index (χ2v) is 9.46. The van der Waals surface area contributed by atoms with Gasteiger partial charge in [0.15, 0.2) is 5.82 Å². The first-order valence-corrected chi connectivity index (χ1v) is 12.0. The summed E-state index contributed by atoms with van der Waals surface area (Å²) in [5.74, 6) is 1.43. The smallest absolute Gasteiger partial charge is 0.270 e. The lowest BCUT2D eigenvalue weighted by atomic mass is 9.97. The number of anilines is 1. The number of nitro groups is 1. The lowest BCUT2D eigenvalue weighted by molar-refractivity contribution is -0.384. The van der Waals surface area contributed by atoms with Gasteiger partial charge in [0, 0.05) is 55.9 Å². The topological polar surface area (TPSA) is 102 Å². The largest absolute Gasteiger partial charge is 0.377 e.